The van der Waals surface area contributed by atoms with E-state index in [1.54, 1.807) is 26.5 Å². The second-order valence-corrected chi connectivity index (χ2v) is 4.62. The van der Waals surface area contributed by atoms with Gasteiger partial charge in [-0.2, -0.15) is 0 Å². The van der Waals surface area contributed by atoms with E-state index in [9.17, 15) is 4.79 Å². The molecule has 1 N–H and O–H groups in total. The molecular weight excluding hydrogens is 489 g/mol. The number of aliphatic hydroxyl groups excluding tert-OH is 1. The molecule has 0 spiro atoms. The summed E-state index contributed by atoms with van der Waals surface area (Å²) in [6, 6.07) is 12.4. The number of methoxy groups -OCH3 is 2. The molecule has 0 saturated carbocycles. The molecule has 24 heavy (non-hydrogen) atoms. The van der Waals surface area contributed by atoms with Crippen molar-refractivity contribution in [1.82, 2.24) is 4.98 Å². The number of benzene rings is 1. The molecule has 5 nitrogen and oxygen atoms in total. The minimum Gasteiger partial charge on any atom is -0.540 e. The standard InChI is InChI=1S/C13H12NO2.C5H8O2.Pt/c1-15-11-5-3-10(4-6-11)13-9-12(16-2)7-8-14-13;1-4(6)3-5(2)7;/h3,5-9H,1-2H3;3,6H,1-2H3;/q-1;;/b;4-3-;. The van der Waals surface area contributed by atoms with Crippen LogP contribution in [-0.4, -0.2) is 30.1 Å². The van der Waals surface area contributed by atoms with Crippen molar-refractivity contribution in [3.63, 3.8) is 0 Å². The quantitative estimate of drug-likeness (QED) is 0.388. The van der Waals surface area contributed by atoms with E-state index in [0.717, 1.165) is 22.8 Å². The van der Waals surface area contributed by atoms with Gasteiger partial charge in [0.1, 0.15) is 5.75 Å². The molecule has 0 aliphatic carbocycles. The Labute approximate surface area is 156 Å². The van der Waals surface area contributed by atoms with Crippen molar-refractivity contribution < 1.29 is 40.4 Å². The Morgan fingerprint density at radius 1 is 1.17 bits per heavy atom. The zero-order valence-corrected chi connectivity index (χ0v) is 16.2. The van der Waals surface area contributed by atoms with Crippen molar-refractivity contribution in [2.75, 3.05) is 14.2 Å². The minimum absolute atomic E-state index is 0. The molecule has 1 aromatic heterocycles. The molecule has 132 valence electrons. The normalized spacial score (nSPS) is 9.92. The monoisotopic (exact) mass is 509 g/mol. The van der Waals surface area contributed by atoms with Gasteiger partial charge in [0, 0.05) is 39.1 Å². The van der Waals surface area contributed by atoms with Crippen LogP contribution in [0.15, 0.2) is 48.4 Å². The molecule has 0 aliphatic heterocycles. The summed E-state index contributed by atoms with van der Waals surface area (Å²) in [5, 5.41) is 8.36. The summed E-state index contributed by atoms with van der Waals surface area (Å²) < 4.78 is 10.2. The summed E-state index contributed by atoms with van der Waals surface area (Å²) in [6.45, 7) is 2.85. The predicted octanol–water partition coefficient (Wildman–Crippen LogP) is 3.60. The Morgan fingerprint density at radius 2 is 1.83 bits per heavy atom. The molecule has 0 aliphatic rings. The third-order valence-corrected chi connectivity index (χ3v) is 2.68. The van der Waals surface area contributed by atoms with Gasteiger partial charge in [-0.15, -0.1) is 29.8 Å². The van der Waals surface area contributed by atoms with Gasteiger partial charge in [-0.1, -0.05) is 0 Å². The van der Waals surface area contributed by atoms with E-state index >= 15 is 0 Å². The predicted molar refractivity (Wildman–Crippen MR) is 88.7 cm³/mol. The fourth-order valence-corrected chi connectivity index (χ4v) is 1.68. The van der Waals surface area contributed by atoms with Crippen LogP contribution in [0.1, 0.15) is 13.8 Å². The largest absolute Gasteiger partial charge is 0.540 e. The molecule has 1 heterocycles. The number of pyridine rings is 1. The van der Waals surface area contributed by atoms with Crippen molar-refractivity contribution in [3.8, 4) is 22.8 Å². The van der Waals surface area contributed by atoms with Crippen LogP contribution >= 0.6 is 0 Å². The maximum Gasteiger partial charge on any atom is 0.155 e. The van der Waals surface area contributed by atoms with E-state index in [2.05, 4.69) is 11.1 Å². The first-order valence-corrected chi connectivity index (χ1v) is 6.90. The smallest absolute Gasteiger partial charge is 0.155 e. The number of aliphatic hydroxyl groups is 1. The van der Waals surface area contributed by atoms with Crippen LogP contribution in [0.5, 0.6) is 11.5 Å². The molecular formula is C18H20NO4Pt-. The molecule has 0 atom stereocenters. The van der Waals surface area contributed by atoms with Crippen molar-refractivity contribution in [2.45, 2.75) is 13.8 Å². The van der Waals surface area contributed by atoms with Gasteiger partial charge in [0.2, 0.25) is 0 Å². The molecule has 0 fully saturated rings. The number of nitrogens with zero attached hydrogens (tertiary/aromatic N) is 1. The van der Waals surface area contributed by atoms with Crippen LogP contribution in [0, 0.1) is 6.07 Å². The van der Waals surface area contributed by atoms with Gasteiger partial charge in [-0.25, -0.2) is 0 Å². The van der Waals surface area contributed by atoms with Crippen LogP contribution < -0.4 is 9.47 Å². The van der Waals surface area contributed by atoms with Gasteiger partial charge < -0.3 is 19.6 Å². The molecule has 1 aromatic carbocycles. The zero-order chi connectivity index (χ0) is 17.2. The van der Waals surface area contributed by atoms with Crippen LogP contribution in [0.4, 0.5) is 0 Å². The topological polar surface area (TPSA) is 68.7 Å². The number of carbonyl (C=O) groups excluding carboxylic acids is 1. The Kier molecular flexibility index (Phi) is 10.4. The number of rotatable bonds is 4. The average Bonchev–Trinajstić information content (AvgIpc) is 2.54. The Bertz CT molecular complexity index is 665. The van der Waals surface area contributed by atoms with Gasteiger partial charge in [0.05, 0.1) is 20.0 Å². The van der Waals surface area contributed by atoms with Gasteiger partial charge >= 0.3 is 0 Å². The maximum absolute atomic E-state index is 10.0. The Morgan fingerprint density at radius 3 is 2.25 bits per heavy atom. The first-order valence-electron chi connectivity index (χ1n) is 6.90. The zero-order valence-electron chi connectivity index (χ0n) is 14.0. The summed E-state index contributed by atoms with van der Waals surface area (Å²) >= 11 is 0. The molecule has 0 saturated heterocycles. The second kappa shape index (κ2) is 11.4. The number of ketones is 1. The second-order valence-electron chi connectivity index (χ2n) is 4.62. The van der Waals surface area contributed by atoms with E-state index < -0.39 is 0 Å². The number of hydrogen-bond donors (Lipinski definition) is 1. The molecule has 0 amide bonds. The number of ether oxygens (including phenoxy) is 2. The molecule has 6 heteroatoms. The molecule has 2 rings (SSSR count). The molecule has 2 aromatic rings. The van der Waals surface area contributed by atoms with E-state index in [1.807, 2.05) is 24.3 Å². The molecule has 0 bridgehead atoms. The number of allylic oxidation sites excluding steroid dienone is 2. The van der Waals surface area contributed by atoms with Gasteiger partial charge in [0.15, 0.2) is 5.78 Å². The average molecular weight is 509 g/mol. The van der Waals surface area contributed by atoms with Crippen molar-refractivity contribution in [2.24, 2.45) is 0 Å². The van der Waals surface area contributed by atoms with E-state index in [4.69, 9.17) is 14.6 Å². The van der Waals surface area contributed by atoms with Crippen molar-refractivity contribution in [3.05, 3.63) is 54.4 Å². The maximum atomic E-state index is 10.0. The fraction of sp³-hybridized carbons (Fsp3) is 0.222. The summed E-state index contributed by atoms with van der Waals surface area (Å²) in [5.74, 6) is 1.51. The van der Waals surface area contributed by atoms with Gasteiger partial charge in [-0.05, 0) is 31.7 Å². The third kappa shape index (κ3) is 7.93. The minimum atomic E-state index is -0.125. The third-order valence-electron chi connectivity index (χ3n) is 2.68. The van der Waals surface area contributed by atoms with E-state index in [0.29, 0.717) is 0 Å². The number of carbonyl (C=O) groups is 1. The summed E-state index contributed by atoms with van der Waals surface area (Å²) in [7, 11) is 3.27. The van der Waals surface area contributed by atoms with Crippen LogP contribution in [0.25, 0.3) is 11.3 Å². The van der Waals surface area contributed by atoms with Crippen molar-refractivity contribution >= 4 is 5.78 Å². The van der Waals surface area contributed by atoms with Crippen LogP contribution in [0.3, 0.4) is 0 Å². The summed E-state index contributed by atoms with van der Waals surface area (Å²) in [6.07, 6.45) is 2.88. The van der Waals surface area contributed by atoms with Gasteiger partial charge in [0.25, 0.3) is 0 Å². The van der Waals surface area contributed by atoms with Crippen LogP contribution in [-0.2, 0) is 25.9 Å². The molecule has 0 unspecified atom stereocenters. The SMILES string of the molecule is CC(=O)/C=C(/C)O.COc1c[c-]c(-c2cc(OC)ccn2)cc1.[Pt]. The van der Waals surface area contributed by atoms with E-state index in [1.165, 1.54) is 19.9 Å². The summed E-state index contributed by atoms with van der Waals surface area (Å²) in [5.41, 5.74) is 1.75. The van der Waals surface area contributed by atoms with Crippen LogP contribution in [0.2, 0.25) is 0 Å². The van der Waals surface area contributed by atoms with Crippen molar-refractivity contribution in [1.29, 1.82) is 0 Å². The number of aromatic nitrogens is 1. The molecule has 0 radical (unpaired) electrons. The Balaban J connectivity index is 0.000000570. The Hall–Kier alpha value is -2.13. The first-order chi connectivity index (χ1) is 11.0. The van der Waals surface area contributed by atoms with E-state index in [-0.39, 0.29) is 32.6 Å². The first kappa shape index (κ1) is 21.9. The number of hydrogen-bond acceptors (Lipinski definition) is 5. The summed E-state index contributed by atoms with van der Waals surface area (Å²) in [4.78, 5) is 14.3. The van der Waals surface area contributed by atoms with Gasteiger partial charge in [-0.3, -0.25) is 4.79 Å². The fourth-order valence-electron chi connectivity index (χ4n) is 1.68.